The Morgan fingerprint density at radius 2 is 1.91 bits per heavy atom. The molecule has 0 bridgehead atoms. The number of rotatable bonds is 5. The molecule has 0 saturated heterocycles. The molecule has 0 fully saturated rings. The Hall–Kier alpha value is -3.32. The van der Waals surface area contributed by atoms with Gasteiger partial charge in [-0.25, -0.2) is 4.68 Å². The Labute approximate surface area is 203 Å². The molecule has 1 aliphatic heterocycles. The number of carbonyl (C=O) groups excluding carboxylic acids is 1. The van der Waals surface area contributed by atoms with Crippen molar-refractivity contribution in [2.24, 2.45) is 5.41 Å². The maximum Gasteiger partial charge on any atom is 0.226 e. The average Bonchev–Trinajstić information content (AvgIpc) is 3.21. The highest BCUT2D eigenvalue weighted by atomic mass is 35.5. The molecule has 0 amide bonds. The van der Waals surface area contributed by atoms with Crippen LogP contribution in [0.3, 0.4) is 0 Å². The van der Waals surface area contributed by atoms with Gasteiger partial charge in [0.1, 0.15) is 6.04 Å². The van der Waals surface area contributed by atoms with Crippen LogP contribution in [-0.2, 0) is 4.79 Å². The first kappa shape index (κ1) is 22.5. The molecule has 3 aromatic rings. The van der Waals surface area contributed by atoms with Gasteiger partial charge in [-0.3, -0.25) is 4.79 Å². The monoisotopic (exact) mass is 478 g/mol. The fraction of sp³-hybridized carbons (Fsp3) is 0.346. The summed E-state index contributed by atoms with van der Waals surface area (Å²) in [6, 6.07) is 12.8. The third-order valence-electron chi connectivity index (χ3n) is 6.24. The number of ketones is 1. The molecule has 1 N–H and O–H groups in total. The van der Waals surface area contributed by atoms with E-state index >= 15 is 0 Å². The maximum absolute atomic E-state index is 13.4. The summed E-state index contributed by atoms with van der Waals surface area (Å²) >= 11 is 6.07. The molecule has 1 aromatic heterocycles. The van der Waals surface area contributed by atoms with Gasteiger partial charge in [-0.15, -0.1) is 5.10 Å². The molecule has 8 heteroatoms. The highest BCUT2D eigenvalue weighted by Gasteiger charge is 2.42. The maximum atomic E-state index is 13.4. The third kappa shape index (κ3) is 3.94. The molecule has 0 saturated carbocycles. The van der Waals surface area contributed by atoms with Crippen molar-refractivity contribution in [3.8, 4) is 22.9 Å². The lowest BCUT2D eigenvalue weighted by Gasteiger charge is -2.38. The lowest BCUT2D eigenvalue weighted by Crippen LogP contribution is -2.36. The number of ether oxygens (including phenoxy) is 2. The molecule has 0 spiro atoms. The van der Waals surface area contributed by atoms with Gasteiger partial charge in [-0.2, -0.15) is 4.98 Å². The predicted molar refractivity (Wildman–Crippen MR) is 131 cm³/mol. The topological polar surface area (TPSA) is 78.3 Å². The molecule has 176 valence electrons. The van der Waals surface area contributed by atoms with Crippen molar-refractivity contribution in [3.63, 3.8) is 0 Å². The Kier molecular flexibility index (Phi) is 5.60. The van der Waals surface area contributed by atoms with E-state index in [1.165, 1.54) is 0 Å². The van der Waals surface area contributed by atoms with Gasteiger partial charge in [0.2, 0.25) is 5.95 Å². The van der Waals surface area contributed by atoms with Crippen molar-refractivity contribution < 1.29 is 14.3 Å². The quantitative estimate of drug-likeness (QED) is 0.509. The van der Waals surface area contributed by atoms with Crippen molar-refractivity contribution in [1.29, 1.82) is 0 Å². The Morgan fingerprint density at radius 3 is 2.62 bits per heavy atom. The minimum absolute atomic E-state index is 0.116. The second kappa shape index (κ2) is 8.47. The second-order valence-electron chi connectivity index (χ2n) is 9.41. The smallest absolute Gasteiger partial charge is 0.226 e. The van der Waals surface area contributed by atoms with Crippen LogP contribution < -0.4 is 14.8 Å². The van der Waals surface area contributed by atoms with Gasteiger partial charge in [0.15, 0.2) is 23.1 Å². The number of carbonyl (C=O) groups is 1. The van der Waals surface area contributed by atoms with Gasteiger partial charge in [-0.05, 0) is 60.7 Å². The van der Waals surface area contributed by atoms with Crippen LogP contribution in [0.1, 0.15) is 45.2 Å². The van der Waals surface area contributed by atoms with Crippen LogP contribution in [0.25, 0.3) is 11.4 Å². The standard InChI is InChI=1S/C26H27ClN4O3/c1-5-34-20-11-8-16(12-21(20)33-4)23-22-18(13-26(2,3)14-19(22)32)28-25-29-24(30-31(23)25)15-6-9-17(27)10-7-15/h6-12,23H,5,13-14H2,1-4H3,(H,28,29,30). The number of fused-ring (bicyclic) bond motifs is 1. The minimum atomic E-state index is -0.423. The second-order valence-corrected chi connectivity index (χ2v) is 9.85. The van der Waals surface area contributed by atoms with Crippen molar-refractivity contribution in [1.82, 2.24) is 14.8 Å². The predicted octanol–water partition coefficient (Wildman–Crippen LogP) is 5.66. The highest BCUT2D eigenvalue weighted by Crippen LogP contribution is 2.46. The molecular weight excluding hydrogens is 452 g/mol. The van der Waals surface area contributed by atoms with Crippen LogP contribution in [-0.4, -0.2) is 34.3 Å². The van der Waals surface area contributed by atoms with Gasteiger partial charge in [0, 0.05) is 28.3 Å². The van der Waals surface area contributed by atoms with E-state index < -0.39 is 6.04 Å². The molecule has 1 aliphatic carbocycles. The van der Waals surface area contributed by atoms with Crippen LogP contribution >= 0.6 is 11.6 Å². The number of aromatic nitrogens is 3. The fourth-order valence-electron chi connectivity index (χ4n) is 4.77. The summed E-state index contributed by atoms with van der Waals surface area (Å²) in [5.74, 6) is 2.56. The molecule has 1 unspecified atom stereocenters. The fourth-order valence-corrected chi connectivity index (χ4v) is 4.89. The lowest BCUT2D eigenvalue weighted by atomic mass is 9.73. The average molecular weight is 479 g/mol. The van der Waals surface area contributed by atoms with Gasteiger partial charge in [0.25, 0.3) is 0 Å². The molecule has 5 rings (SSSR count). The normalized spacial score (nSPS) is 18.7. The van der Waals surface area contributed by atoms with Gasteiger partial charge in [0.05, 0.1) is 13.7 Å². The van der Waals surface area contributed by atoms with Gasteiger partial charge >= 0.3 is 0 Å². The number of nitrogens with zero attached hydrogens (tertiary/aromatic N) is 3. The van der Waals surface area contributed by atoms with Gasteiger partial charge < -0.3 is 14.8 Å². The number of benzene rings is 2. The molecule has 1 atom stereocenters. The van der Waals surface area contributed by atoms with E-state index in [4.69, 9.17) is 31.2 Å². The molecule has 7 nitrogen and oxygen atoms in total. The number of halogens is 1. The van der Waals surface area contributed by atoms with Crippen molar-refractivity contribution in [2.75, 3.05) is 19.0 Å². The summed E-state index contributed by atoms with van der Waals surface area (Å²) in [6.45, 7) is 6.69. The summed E-state index contributed by atoms with van der Waals surface area (Å²) in [6.07, 6.45) is 1.23. The largest absolute Gasteiger partial charge is 0.493 e. The molecular formula is C26H27ClN4O3. The summed E-state index contributed by atoms with van der Waals surface area (Å²) in [4.78, 5) is 18.2. The molecule has 2 heterocycles. The van der Waals surface area contributed by atoms with Crippen LogP contribution in [0.4, 0.5) is 5.95 Å². The van der Waals surface area contributed by atoms with Gasteiger partial charge in [-0.1, -0.05) is 31.5 Å². The number of hydrogen-bond donors (Lipinski definition) is 1. The molecule has 2 aromatic carbocycles. The van der Waals surface area contributed by atoms with E-state index in [9.17, 15) is 4.79 Å². The summed E-state index contributed by atoms with van der Waals surface area (Å²) in [7, 11) is 1.61. The van der Waals surface area contributed by atoms with Crippen molar-refractivity contribution in [3.05, 3.63) is 64.3 Å². The number of nitrogens with one attached hydrogen (secondary N) is 1. The Balaban J connectivity index is 1.67. The first-order valence-corrected chi connectivity index (χ1v) is 11.7. The van der Waals surface area contributed by atoms with E-state index in [2.05, 4.69) is 19.2 Å². The van der Waals surface area contributed by atoms with Crippen molar-refractivity contribution in [2.45, 2.75) is 39.7 Å². The van der Waals surface area contributed by atoms with Crippen LogP contribution in [0, 0.1) is 5.41 Å². The van der Waals surface area contributed by atoms with Crippen molar-refractivity contribution >= 4 is 23.3 Å². The SMILES string of the molecule is CCOc1ccc(C2C3=C(CC(C)(C)CC3=O)Nc3nc(-c4ccc(Cl)cc4)nn32)cc1OC. The minimum Gasteiger partial charge on any atom is -0.493 e. The number of methoxy groups -OCH3 is 1. The van der Waals surface area contributed by atoms with E-state index in [1.807, 2.05) is 49.4 Å². The zero-order valence-corrected chi connectivity index (χ0v) is 20.4. The lowest BCUT2D eigenvalue weighted by molar-refractivity contribution is -0.118. The Morgan fingerprint density at radius 1 is 1.15 bits per heavy atom. The summed E-state index contributed by atoms with van der Waals surface area (Å²) < 4.78 is 13.1. The van der Waals surface area contributed by atoms with E-state index in [0.717, 1.165) is 28.8 Å². The van der Waals surface area contributed by atoms with Crippen LogP contribution in [0.5, 0.6) is 11.5 Å². The number of Topliss-reactive ketones (excluding diaryl/α,β-unsaturated/α-hetero) is 1. The van der Waals surface area contributed by atoms with Crippen LogP contribution in [0.2, 0.25) is 5.02 Å². The first-order chi connectivity index (χ1) is 16.3. The van der Waals surface area contributed by atoms with E-state index in [-0.39, 0.29) is 11.2 Å². The summed E-state index contributed by atoms with van der Waals surface area (Å²) in [5.41, 5.74) is 3.23. The third-order valence-corrected chi connectivity index (χ3v) is 6.49. The Bertz CT molecular complexity index is 1290. The molecule has 0 radical (unpaired) electrons. The molecule has 34 heavy (non-hydrogen) atoms. The van der Waals surface area contributed by atoms with E-state index in [1.54, 1.807) is 11.8 Å². The highest BCUT2D eigenvalue weighted by molar-refractivity contribution is 6.30. The summed E-state index contributed by atoms with van der Waals surface area (Å²) in [5, 5.41) is 8.89. The van der Waals surface area contributed by atoms with E-state index in [0.29, 0.717) is 41.3 Å². The number of anilines is 1. The number of hydrogen-bond acceptors (Lipinski definition) is 6. The number of allylic oxidation sites excluding steroid dienone is 2. The zero-order chi connectivity index (χ0) is 24.0. The zero-order valence-electron chi connectivity index (χ0n) is 19.7. The molecule has 2 aliphatic rings. The first-order valence-electron chi connectivity index (χ1n) is 11.4. The van der Waals surface area contributed by atoms with Crippen LogP contribution in [0.15, 0.2) is 53.7 Å².